The quantitative estimate of drug-likeness (QED) is 0.237. The molecule has 0 aromatic heterocycles. The highest BCUT2D eigenvalue weighted by atomic mass is 32.2. The van der Waals surface area contributed by atoms with Gasteiger partial charge in [0.15, 0.2) is 0 Å². The van der Waals surface area contributed by atoms with Gasteiger partial charge in [-0.25, -0.2) is 9.36 Å². The number of rotatable bonds is 10. The van der Waals surface area contributed by atoms with Crippen molar-refractivity contribution in [1.29, 1.82) is 0 Å². The summed E-state index contributed by atoms with van der Waals surface area (Å²) in [6, 6.07) is 10.7. The van der Waals surface area contributed by atoms with Gasteiger partial charge in [0.25, 0.3) is 0 Å². The maximum atomic E-state index is 13.4. The molecule has 0 radical (unpaired) electrons. The Kier molecular flexibility index (Phi) is 10.5. The lowest BCUT2D eigenvalue weighted by molar-refractivity contribution is -0.136. The number of phosphoric acid groups is 1. The van der Waals surface area contributed by atoms with Crippen molar-refractivity contribution in [3.63, 3.8) is 0 Å². The van der Waals surface area contributed by atoms with Gasteiger partial charge >= 0.3 is 13.8 Å². The molecule has 1 heterocycles. The van der Waals surface area contributed by atoms with E-state index in [-0.39, 0.29) is 24.6 Å². The first-order valence-electron chi connectivity index (χ1n) is 11.9. The van der Waals surface area contributed by atoms with Crippen molar-refractivity contribution in [2.45, 2.75) is 32.0 Å². The third kappa shape index (κ3) is 9.39. The average molecular weight is 580 g/mol. The number of nitrogens with one attached hydrogen (secondary N) is 2. The zero-order valence-corrected chi connectivity index (χ0v) is 23.1. The summed E-state index contributed by atoms with van der Waals surface area (Å²) in [5, 5.41) is 5.36. The molecule has 0 aliphatic carbocycles. The molecule has 2 atom stereocenters. The van der Waals surface area contributed by atoms with Crippen molar-refractivity contribution in [1.82, 2.24) is 15.5 Å². The summed E-state index contributed by atoms with van der Waals surface area (Å²) in [5.74, 6) is -0.785. The van der Waals surface area contributed by atoms with Crippen LogP contribution in [0.3, 0.4) is 0 Å². The number of methoxy groups -OCH3 is 1. The van der Waals surface area contributed by atoms with Crippen LogP contribution in [-0.4, -0.2) is 75.6 Å². The number of nitrogens with zero attached hydrogens (tertiary/aromatic N) is 1. The van der Waals surface area contributed by atoms with Gasteiger partial charge in [0.2, 0.25) is 17.7 Å². The average Bonchev–Trinajstić information content (AvgIpc) is 3.04. The molecule has 39 heavy (non-hydrogen) atoms. The molecular formula is C25H30N3O9PS. The summed E-state index contributed by atoms with van der Waals surface area (Å²) in [4.78, 5) is 69.7. The minimum Gasteiger partial charge on any atom is -0.465 e. The molecular weight excluding hydrogens is 549 g/mol. The summed E-state index contributed by atoms with van der Waals surface area (Å²) in [6.45, 7) is 1.97. The Bertz CT molecular complexity index is 1250. The fourth-order valence-electron chi connectivity index (χ4n) is 3.96. The molecule has 0 saturated carbocycles. The largest absolute Gasteiger partial charge is 0.524 e. The van der Waals surface area contributed by atoms with Crippen LogP contribution in [0.4, 0.5) is 0 Å². The molecule has 1 aliphatic rings. The number of carbonyl (C=O) groups excluding carboxylic acids is 4. The van der Waals surface area contributed by atoms with Crippen LogP contribution in [0.25, 0.3) is 0 Å². The molecule has 1 saturated heterocycles. The van der Waals surface area contributed by atoms with E-state index < -0.39 is 37.7 Å². The van der Waals surface area contributed by atoms with Crippen LogP contribution in [0.1, 0.15) is 28.4 Å². The molecule has 0 bridgehead atoms. The van der Waals surface area contributed by atoms with Crippen LogP contribution in [0.2, 0.25) is 0 Å². The van der Waals surface area contributed by atoms with Crippen LogP contribution in [-0.2, 0) is 36.7 Å². The van der Waals surface area contributed by atoms with Gasteiger partial charge in [-0.2, -0.15) is 11.8 Å². The second-order valence-electron chi connectivity index (χ2n) is 8.77. The van der Waals surface area contributed by atoms with E-state index in [0.29, 0.717) is 29.2 Å². The number of ether oxygens (including phenoxy) is 1. The van der Waals surface area contributed by atoms with Gasteiger partial charge in [-0.1, -0.05) is 24.3 Å². The lowest BCUT2D eigenvalue weighted by Gasteiger charge is -2.26. The van der Waals surface area contributed by atoms with Crippen molar-refractivity contribution in [3.05, 3.63) is 65.2 Å². The normalized spacial score (nSPS) is 16.6. The maximum Gasteiger partial charge on any atom is 0.524 e. The molecule has 210 valence electrons. The van der Waals surface area contributed by atoms with E-state index in [1.54, 1.807) is 29.2 Å². The van der Waals surface area contributed by atoms with Gasteiger partial charge in [-0.15, -0.1) is 0 Å². The van der Waals surface area contributed by atoms with Gasteiger partial charge in [-0.3, -0.25) is 24.2 Å². The Morgan fingerprint density at radius 1 is 1.15 bits per heavy atom. The van der Waals surface area contributed by atoms with E-state index in [1.165, 1.54) is 50.1 Å². The van der Waals surface area contributed by atoms with E-state index in [0.717, 1.165) is 5.56 Å². The Morgan fingerprint density at radius 2 is 1.87 bits per heavy atom. The van der Waals surface area contributed by atoms with Crippen molar-refractivity contribution < 1.29 is 42.8 Å². The SMILES string of the molecule is COC(=O)c1cccc(CN2CCSC[C@H](NC(=O)[C@H](Cc3ccc(OP(=O)(O)O)cc3)NC(C)=O)C2=O)c1. The summed E-state index contributed by atoms with van der Waals surface area (Å²) in [6.07, 6.45) is 0.0691. The van der Waals surface area contributed by atoms with Gasteiger partial charge in [-0.05, 0) is 35.4 Å². The van der Waals surface area contributed by atoms with Crippen molar-refractivity contribution in [2.24, 2.45) is 0 Å². The van der Waals surface area contributed by atoms with Crippen LogP contribution in [0.15, 0.2) is 48.5 Å². The van der Waals surface area contributed by atoms with E-state index in [9.17, 15) is 23.7 Å². The minimum absolute atomic E-state index is 0.0501. The molecule has 2 aromatic rings. The first-order chi connectivity index (χ1) is 18.4. The molecule has 3 amide bonds. The van der Waals surface area contributed by atoms with Crippen LogP contribution < -0.4 is 15.2 Å². The number of hydrogen-bond donors (Lipinski definition) is 4. The Hall–Kier alpha value is -3.38. The number of thioether (sulfide) groups is 1. The van der Waals surface area contributed by atoms with Crippen molar-refractivity contribution in [3.8, 4) is 5.75 Å². The molecule has 1 fully saturated rings. The molecule has 12 nitrogen and oxygen atoms in total. The number of amides is 3. The molecule has 1 aliphatic heterocycles. The Labute approximate surface area is 229 Å². The van der Waals surface area contributed by atoms with E-state index in [2.05, 4.69) is 15.2 Å². The highest BCUT2D eigenvalue weighted by molar-refractivity contribution is 7.99. The van der Waals surface area contributed by atoms with Crippen LogP contribution in [0.5, 0.6) is 5.75 Å². The van der Waals surface area contributed by atoms with E-state index >= 15 is 0 Å². The number of esters is 1. The second-order valence-corrected chi connectivity index (χ2v) is 11.1. The predicted molar refractivity (Wildman–Crippen MR) is 143 cm³/mol. The van der Waals surface area contributed by atoms with Crippen LogP contribution >= 0.6 is 19.6 Å². The van der Waals surface area contributed by atoms with Gasteiger partial charge < -0.3 is 24.8 Å². The predicted octanol–water partition coefficient (Wildman–Crippen LogP) is 1.25. The van der Waals surface area contributed by atoms with Crippen molar-refractivity contribution >= 4 is 43.3 Å². The number of benzene rings is 2. The monoisotopic (exact) mass is 579 g/mol. The smallest absolute Gasteiger partial charge is 0.465 e. The van der Waals surface area contributed by atoms with Crippen molar-refractivity contribution in [2.75, 3.05) is 25.2 Å². The Balaban J connectivity index is 1.70. The third-order valence-electron chi connectivity index (χ3n) is 5.72. The highest BCUT2D eigenvalue weighted by Gasteiger charge is 2.31. The van der Waals surface area contributed by atoms with Gasteiger partial charge in [0.1, 0.15) is 17.8 Å². The highest BCUT2D eigenvalue weighted by Crippen LogP contribution is 2.37. The zero-order valence-electron chi connectivity index (χ0n) is 21.4. The molecule has 0 spiro atoms. The fraction of sp³-hybridized carbons (Fsp3) is 0.360. The summed E-state index contributed by atoms with van der Waals surface area (Å²) in [7, 11) is -3.42. The maximum absolute atomic E-state index is 13.4. The minimum atomic E-state index is -4.71. The number of carbonyl (C=O) groups is 4. The van der Waals surface area contributed by atoms with E-state index in [4.69, 9.17) is 14.5 Å². The molecule has 14 heteroatoms. The first-order valence-corrected chi connectivity index (χ1v) is 14.6. The summed E-state index contributed by atoms with van der Waals surface area (Å²) >= 11 is 1.51. The first kappa shape index (κ1) is 30.2. The number of phosphoric ester groups is 1. The standard InChI is InChI=1S/C25H30N3O9PS/c1-16(29)26-21(13-17-6-8-20(9-7-17)37-38(33,34)35)23(30)27-22-15-39-11-10-28(24(22)31)14-18-4-3-5-19(12-18)25(32)36-2/h3-9,12,21-22H,10-11,13-15H2,1-2H3,(H,26,29)(H,27,30)(H2,33,34,35)/t21-,22-/m0/s1. The Morgan fingerprint density at radius 3 is 2.51 bits per heavy atom. The molecule has 2 aromatic carbocycles. The molecule has 4 N–H and O–H groups in total. The summed E-state index contributed by atoms with van der Waals surface area (Å²) in [5.41, 5.74) is 1.71. The van der Waals surface area contributed by atoms with E-state index in [1.807, 2.05) is 0 Å². The molecule has 3 rings (SSSR count). The lowest BCUT2D eigenvalue weighted by atomic mass is 10.0. The third-order valence-corrected chi connectivity index (χ3v) is 7.21. The topological polar surface area (TPSA) is 172 Å². The number of hydrogen-bond acceptors (Lipinski definition) is 8. The summed E-state index contributed by atoms with van der Waals surface area (Å²) < 4.78 is 20.3. The van der Waals surface area contributed by atoms with Gasteiger partial charge in [0, 0.05) is 37.9 Å². The fourth-order valence-corrected chi connectivity index (χ4v) is 5.33. The lowest BCUT2D eigenvalue weighted by Crippen LogP contribution is -2.55. The van der Waals surface area contributed by atoms with Crippen LogP contribution in [0, 0.1) is 0 Å². The molecule has 0 unspecified atom stereocenters. The second kappa shape index (κ2) is 13.6. The van der Waals surface area contributed by atoms with Gasteiger partial charge in [0.05, 0.1) is 12.7 Å². The zero-order chi connectivity index (χ0) is 28.6.